The fourth-order valence-electron chi connectivity index (χ4n) is 5.13. The molecule has 174 valence electrons. The van der Waals surface area contributed by atoms with Crippen molar-refractivity contribution in [2.24, 2.45) is 4.99 Å². The summed E-state index contributed by atoms with van der Waals surface area (Å²) in [7, 11) is 0. The van der Waals surface area contributed by atoms with Crippen LogP contribution in [0.15, 0.2) is 65.7 Å². The summed E-state index contributed by atoms with van der Waals surface area (Å²) in [6, 6.07) is 22.3. The highest BCUT2D eigenvalue weighted by Gasteiger charge is 2.32. The van der Waals surface area contributed by atoms with Gasteiger partial charge in [0.1, 0.15) is 0 Å². The molecule has 0 amide bonds. The van der Waals surface area contributed by atoms with E-state index in [0.29, 0.717) is 19.5 Å². The van der Waals surface area contributed by atoms with Crippen LogP contribution < -0.4 is 0 Å². The van der Waals surface area contributed by atoms with Gasteiger partial charge in [0, 0.05) is 46.8 Å². The molecule has 35 heavy (non-hydrogen) atoms. The molecular formula is C30H27N3O2. The minimum absolute atomic E-state index is 0.254. The Labute approximate surface area is 205 Å². The molecule has 4 aromatic rings. The van der Waals surface area contributed by atoms with E-state index in [-0.39, 0.29) is 5.56 Å². The monoisotopic (exact) mass is 461 g/mol. The number of hydrogen-bond acceptors (Lipinski definition) is 3. The Hall–Kier alpha value is -4.17. The predicted octanol–water partition coefficient (Wildman–Crippen LogP) is 6.49. The number of nitriles is 1. The number of aliphatic imine (C=N–C) groups is 1. The van der Waals surface area contributed by atoms with Gasteiger partial charge in [-0.3, -0.25) is 4.99 Å². The summed E-state index contributed by atoms with van der Waals surface area (Å²) in [4.78, 5) is 16.0. The summed E-state index contributed by atoms with van der Waals surface area (Å²) in [6.07, 6.45) is 2.29. The number of carbonyl (C=O) groups is 1. The summed E-state index contributed by atoms with van der Waals surface area (Å²) in [6.45, 7) is 7.68. The Morgan fingerprint density at radius 2 is 1.89 bits per heavy atom. The molecule has 0 atom stereocenters. The quantitative estimate of drug-likeness (QED) is 0.357. The highest BCUT2D eigenvalue weighted by molar-refractivity contribution is 6.03. The number of fused-ring (bicyclic) bond motifs is 2. The number of nitrogens with zero attached hydrogens (tertiary/aromatic N) is 3. The molecule has 2 heterocycles. The second-order valence-electron chi connectivity index (χ2n) is 9.88. The molecule has 5 heteroatoms. The van der Waals surface area contributed by atoms with Crippen molar-refractivity contribution in [1.82, 2.24) is 4.57 Å². The van der Waals surface area contributed by atoms with E-state index in [4.69, 9.17) is 0 Å². The first-order valence-electron chi connectivity index (χ1n) is 11.7. The van der Waals surface area contributed by atoms with E-state index in [1.165, 1.54) is 16.7 Å². The Balaban J connectivity index is 1.86. The normalized spacial score (nSPS) is 12.6. The molecule has 0 saturated carbocycles. The lowest BCUT2D eigenvalue weighted by Gasteiger charge is -2.27. The first-order valence-corrected chi connectivity index (χ1v) is 11.7. The van der Waals surface area contributed by atoms with Gasteiger partial charge < -0.3 is 9.67 Å². The molecular weight excluding hydrogens is 434 g/mol. The summed E-state index contributed by atoms with van der Waals surface area (Å²) in [5.41, 5.74) is 8.74. The lowest BCUT2D eigenvalue weighted by atomic mass is 9.81. The predicted molar refractivity (Wildman–Crippen MR) is 139 cm³/mol. The largest absolute Gasteiger partial charge is 0.478 e. The average Bonchev–Trinajstić information content (AvgIpc) is 3.41. The SMILES string of the molecule is Cc1ccccc1Cn1c(C(C)(C)CC#N)c(-c2ccc(C(=O)O)cc2)c2cc3c(cc21)C=NC3. The highest BCUT2D eigenvalue weighted by Crippen LogP contribution is 2.44. The van der Waals surface area contributed by atoms with E-state index < -0.39 is 11.4 Å². The van der Waals surface area contributed by atoms with Crippen LogP contribution in [0.3, 0.4) is 0 Å². The highest BCUT2D eigenvalue weighted by atomic mass is 16.4. The van der Waals surface area contributed by atoms with Crippen LogP contribution in [-0.2, 0) is 18.5 Å². The van der Waals surface area contributed by atoms with Crippen molar-refractivity contribution >= 4 is 23.1 Å². The maximum absolute atomic E-state index is 11.5. The molecule has 5 rings (SSSR count). The maximum atomic E-state index is 11.5. The van der Waals surface area contributed by atoms with Gasteiger partial charge in [-0.25, -0.2) is 4.79 Å². The lowest BCUT2D eigenvalue weighted by Crippen LogP contribution is -2.23. The molecule has 0 spiro atoms. The van der Waals surface area contributed by atoms with Gasteiger partial charge in [0.15, 0.2) is 0 Å². The van der Waals surface area contributed by atoms with Crippen LogP contribution in [0.1, 0.15) is 58.6 Å². The molecule has 0 bridgehead atoms. The third kappa shape index (κ3) is 3.91. The number of hydrogen-bond donors (Lipinski definition) is 1. The molecule has 0 unspecified atom stereocenters. The molecule has 1 aromatic heterocycles. The average molecular weight is 462 g/mol. The number of benzene rings is 3. The van der Waals surface area contributed by atoms with E-state index in [9.17, 15) is 15.2 Å². The van der Waals surface area contributed by atoms with Crippen LogP contribution in [0.25, 0.3) is 22.0 Å². The van der Waals surface area contributed by atoms with Gasteiger partial charge in [0.05, 0.1) is 18.2 Å². The zero-order chi connectivity index (χ0) is 24.7. The lowest BCUT2D eigenvalue weighted by molar-refractivity contribution is 0.0697. The van der Waals surface area contributed by atoms with E-state index in [1.54, 1.807) is 12.1 Å². The summed E-state index contributed by atoms with van der Waals surface area (Å²) < 4.78 is 2.35. The minimum atomic E-state index is -0.946. The zero-order valence-corrected chi connectivity index (χ0v) is 20.2. The third-order valence-corrected chi connectivity index (χ3v) is 6.99. The van der Waals surface area contributed by atoms with E-state index >= 15 is 0 Å². The van der Waals surface area contributed by atoms with Crippen molar-refractivity contribution in [3.63, 3.8) is 0 Å². The van der Waals surface area contributed by atoms with Crippen molar-refractivity contribution in [3.8, 4) is 17.2 Å². The van der Waals surface area contributed by atoms with Gasteiger partial charge in [-0.05, 0) is 59.0 Å². The first-order chi connectivity index (χ1) is 16.8. The van der Waals surface area contributed by atoms with E-state index in [1.807, 2.05) is 24.4 Å². The van der Waals surface area contributed by atoms with Gasteiger partial charge in [0.25, 0.3) is 0 Å². The molecule has 0 fully saturated rings. The summed E-state index contributed by atoms with van der Waals surface area (Å²) >= 11 is 0. The Bertz CT molecular complexity index is 1530. The Kier molecular flexibility index (Phi) is 5.53. The second kappa shape index (κ2) is 8.56. The van der Waals surface area contributed by atoms with Crippen LogP contribution in [0.4, 0.5) is 0 Å². The van der Waals surface area contributed by atoms with Crippen LogP contribution >= 0.6 is 0 Å². The van der Waals surface area contributed by atoms with Gasteiger partial charge in [-0.15, -0.1) is 0 Å². The maximum Gasteiger partial charge on any atom is 0.335 e. The van der Waals surface area contributed by atoms with Crippen molar-refractivity contribution in [1.29, 1.82) is 5.26 Å². The van der Waals surface area contributed by atoms with Gasteiger partial charge in [-0.2, -0.15) is 5.26 Å². The number of aryl methyl sites for hydroxylation is 1. The number of aromatic carboxylic acids is 1. The molecule has 1 N–H and O–H groups in total. The fraction of sp³-hybridized carbons (Fsp3) is 0.233. The van der Waals surface area contributed by atoms with Crippen molar-refractivity contribution in [2.75, 3.05) is 0 Å². The minimum Gasteiger partial charge on any atom is -0.478 e. The van der Waals surface area contributed by atoms with Crippen molar-refractivity contribution < 1.29 is 9.90 Å². The van der Waals surface area contributed by atoms with Gasteiger partial charge in [0.2, 0.25) is 0 Å². The number of rotatable bonds is 6. The number of carboxylic acids is 1. The summed E-state index contributed by atoms with van der Waals surface area (Å²) in [5.74, 6) is -0.946. The van der Waals surface area contributed by atoms with Crippen LogP contribution in [0, 0.1) is 18.3 Å². The smallest absolute Gasteiger partial charge is 0.335 e. The standard InChI is InChI=1S/C30H27N3O2/c1-19-6-4-5-7-22(19)18-33-26-15-24-17-32-16-23(24)14-25(26)27(28(33)30(2,3)12-13-31)20-8-10-21(11-9-20)29(34)35/h4-11,14-15,17H,12,16,18H2,1-3H3,(H,34,35). The van der Waals surface area contributed by atoms with Crippen LogP contribution in [0.5, 0.6) is 0 Å². The van der Waals surface area contributed by atoms with Crippen LogP contribution in [0.2, 0.25) is 0 Å². The molecule has 0 aliphatic carbocycles. The molecule has 3 aromatic carbocycles. The molecule has 0 radical (unpaired) electrons. The van der Waals surface area contributed by atoms with Crippen molar-refractivity contribution in [3.05, 3.63) is 94.2 Å². The Morgan fingerprint density at radius 1 is 1.14 bits per heavy atom. The third-order valence-electron chi connectivity index (χ3n) is 6.99. The topological polar surface area (TPSA) is 78.4 Å². The van der Waals surface area contributed by atoms with Gasteiger partial charge in [-0.1, -0.05) is 50.2 Å². The Morgan fingerprint density at radius 3 is 2.57 bits per heavy atom. The summed E-state index contributed by atoms with van der Waals surface area (Å²) in [5, 5.41) is 20.2. The second-order valence-corrected chi connectivity index (χ2v) is 9.88. The van der Waals surface area contributed by atoms with Gasteiger partial charge >= 0.3 is 5.97 Å². The van der Waals surface area contributed by atoms with E-state index in [2.05, 4.69) is 66.7 Å². The number of aromatic nitrogens is 1. The van der Waals surface area contributed by atoms with Crippen LogP contribution in [-0.4, -0.2) is 21.9 Å². The van der Waals surface area contributed by atoms with Crippen molar-refractivity contribution in [2.45, 2.75) is 45.7 Å². The zero-order valence-electron chi connectivity index (χ0n) is 20.2. The van der Waals surface area contributed by atoms with E-state index in [0.717, 1.165) is 33.3 Å². The molecule has 1 aliphatic heterocycles. The number of carboxylic acid groups (broad SMARTS) is 1. The fourth-order valence-corrected chi connectivity index (χ4v) is 5.13. The first kappa shape index (κ1) is 22.6. The molecule has 1 aliphatic rings. The molecule has 5 nitrogen and oxygen atoms in total. The molecule has 0 saturated heterocycles.